The van der Waals surface area contributed by atoms with Crippen LogP contribution in [0.1, 0.15) is 19.3 Å². The highest BCUT2D eigenvalue weighted by molar-refractivity contribution is 6.30. The Morgan fingerprint density at radius 2 is 1.65 bits per heavy atom. The lowest BCUT2D eigenvalue weighted by molar-refractivity contribution is -0.140. The zero-order chi connectivity index (χ0) is 16.4. The molecule has 1 fully saturated rings. The van der Waals surface area contributed by atoms with Gasteiger partial charge in [0.15, 0.2) is 0 Å². The van der Waals surface area contributed by atoms with Crippen LogP contribution < -0.4 is 5.32 Å². The number of fused-ring (bicyclic) bond motifs is 1. The first kappa shape index (κ1) is 15.7. The van der Waals surface area contributed by atoms with Gasteiger partial charge >= 0.3 is 0 Å². The number of carbonyl (C=O) groups is 3. The van der Waals surface area contributed by atoms with Crippen LogP contribution >= 0.6 is 11.6 Å². The molecular weight excluding hydrogens is 316 g/mol. The standard InChI is InChI=1S/C17H17ClN2O3/c18-11-5-7-12(8-6-11)19-15(21)9-10-20-16(22)13-3-1-2-4-14(13)17(20)23/h1-2,5-8,13-14H,3-4,9-10H2,(H,19,21)/t13-,14-/m0/s1. The smallest absolute Gasteiger partial charge is 0.233 e. The minimum Gasteiger partial charge on any atom is -0.326 e. The van der Waals surface area contributed by atoms with Gasteiger partial charge < -0.3 is 5.32 Å². The number of rotatable bonds is 4. The molecular formula is C17H17ClN2O3. The molecule has 2 atom stereocenters. The average Bonchev–Trinajstić information content (AvgIpc) is 2.80. The van der Waals surface area contributed by atoms with Crippen molar-refractivity contribution in [1.82, 2.24) is 4.90 Å². The van der Waals surface area contributed by atoms with Crippen molar-refractivity contribution in [3.05, 3.63) is 41.4 Å². The van der Waals surface area contributed by atoms with Gasteiger partial charge in [0, 0.05) is 23.7 Å². The van der Waals surface area contributed by atoms with E-state index in [1.54, 1.807) is 24.3 Å². The zero-order valence-electron chi connectivity index (χ0n) is 12.5. The predicted octanol–water partition coefficient (Wildman–Crippen LogP) is 2.62. The van der Waals surface area contributed by atoms with E-state index in [1.807, 2.05) is 12.2 Å². The van der Waals surface area contributed by atoms with E-state index in [0.717, 1.165) is 0 Å². The molecule has 1 saturated heterocycles. The van der Waals surface area contributed by atoms with Crippen LogP contribution in [0.5, 0.6) is 0 Å². The van der Waals surface area contributed by atoms with Crippen LogP contribution in [0, 0.1) is 11.8 Å². The first-order valence-corrected chi connectivity index (χ1v) is 7.99. The number of nitrogens with one attached hydrogen (secondary N) is 1. The molecule has 0 spiro atoms. The van der Waals surface area contributed by atoms with Gasteiger partial charge in [-0.1, -0.05) is 23.8 Å². The monoisotopic (exact) mass is 332 g/mol. The van der Waals surface area contributed by atoms with Gasteiger partial charge in [0.05, 0.1) is 11.8 Å². The molecule has 1 N–H and O–H groups in total. The van der Waals surface area contributed by atoms with Crippen LogP contribution in [-0.4, -0.2) is 29.2 Å². The zero-order valence-corrected chi connectivity index (χ0v) is 13.3. The lowest BCUT2D eigenvalue weighted by Gasteiger charge is -2.14. The van der Waals surface area contributed by atoms with Crippen molar-refractivity contribution in [2.45, 2.75) is 19.3 Å². The van der Waals surface area contributed by atoms with Gasteiger partial charge in [0.2, 0.25) is 17.7 Å². The molecule has 0 saturated carbocycles. The molecule has 5 nitrogen and oxygen atoms in total. The van der Waals surface area contributed by atoms with Crippen molar-refractivity contribution in [1.29, 1.82) is 0 Å². The Bertz CT molecular complexity index is 643. The van der Waals surface area contributed by atoms with E-state index in [1.165, 1.54) is 4.90 Å². The largest absolute Gasteiger partial charge is 0.326 e. The highest BCUT2D eigenvalue weighted by atomic mass is 35.5. The van der Waals surface area contributed by atoms with E-state index >= 15 is 0 Å². The second-order valence-corrected chi connectivity index (χ2v) is 6.23. The molecule has 1 heterocycles. The molecule has 120 valence electrons. The highest BCUT2D eigenvalue weighted by Gasteiger charge is 2.46. The van der Waals surface area contributed by atoms with E-state index in [-0.39, 0.29) is 42.5 Å². The van der Waals surface area contributed by atoms with Crippen molar-refractivity contribution in [2.24, 2.45) is 11.8 Å². The van der Waals surface area contributed by atoms with E-state index in [4.69, 9.17) is 11.6 Å². The minimum absolute atomic E-state index is 0.0903. The number of nitrogens with zero attached hydrogens (tertiary/aromatic N) is 1. The molecule has 6 heteroatoms. The third kappa shape index (κ3) is 3.29. The molecule has 3 rings (SSSR count). The van der Waals surface area contributed by atoms with Crippen LogP contribution in [0.25, 0.3) is 0 Å². The second-order valence-electron chi connectivity index (χ2n) is 5.79. The fourth-order valence-electron chi connectivity index (χ4n) is 3.06. The van der Waals surface area contributed by atoms with E-state index in [2.05, 4.69) is 5.32 Å². The molecule has 0 bridgehead atoms. The maximum Gasteiger partial charge on any atom is 0.233 e. The predicted molar refractivity (Wildman–Crippen MR) is 86.8 cm³/mol. The van der Waals surface area contributed by atoms with Gasteiger partial charge in [0.1, 0.15) is 0 Å². The summed E-state index contributed by atoms with van der Waals surface area (Å²) in [5, 5.41) is 3.32. The number of allylic oxidation sites excluding steroid dienone is 2. The summed E-state index contributed by atoms with van der Waals surface area (Å²) in [4.78, 5) is 37.8. The number of carbonyl (C=O) groups excluding carboxylic acids is 3. The fourth-order valence-corrected chi connectivity index (χ4v) is 3.19. The summed E-state index contributed by atoms with van der Waals surface area (Å²) in [6.07, 6.45) is 5.21. The maximum atomic E-state index is 12.3. The summed E-state index contributed by atoms with van der Waals surface area (Å²) in [6, 6.07) is 6.77. The number of amides is 3. The topological polar surface area (TPSA) is 66.5 Å². The number of imide groups is 1. The molecule has 1 aliphatic heterocycles. The van der Waals surface area contributed by atoms with Crippen molar-refractivity contribution in [2.75, 3.05) is 11.9 Å². The van der Waals surface area contributed by atoms with Crippen LogP contribution in [0.15, 0.2) is 36.4 Å². The molecule has 0 unspecified atom stereocenters. The van der Waals surface area contributed by atoms with Crippen LogP contribution in [-0.2, 0) is 14.4 Å². The third-order valence-corrected chi connectivity index (χ3v) is 4.54. The molecule has 23 heavy (non-hydrogen) atoms. The van der Waals surface area contributed by atoms with E-state index < -0.39 is 0 Å². The van der Waals surface area contributed by atoms with Gasteiger partial charge in [-0.3, -0.25) is 19.3 Å². The maximum absolute atomic E-state index is 12.3. The Morgan fingerprint density at radius 1 is 1.09 bits per heavy atom. The molecule has 1 aromatic rings. The number of hydrogen-bond acceptors (Lipinski definition) is 3. The highest BCUT2D eigenvalue weighted by Crippen LogP contribution is 2.35. The molecule has 1 aliphatic carbocycles. The molecule has 3 amide bonds. The summed E-state index contributed by atoms with van der Waals surface area (Å²) in [5.74, 6) is -1.02. The molecule has 0 radical (unpaired) electrons. The van der Waals surface area contributed by atoms with Gasteiger partial charge in [-0.15, -0.1) is 0 Å². The Balaban J connectivity index is 1.56. The number of hydrogen-bond donors (Lipinski definition) is 1. The van der Waals surface area contributed by atoms with Gasteiger partial charge in [-0.25, -0.2) is 0 Å². The first-order valence-electron chi connectivity index (χ1n) is 7.62. The van der Waals surface area contributed by atoms with Crippen molar-refractivity contribution in [3.8, 4) is 0 Å². The molecule has 1 aromatic carbocycles. The van der Waals surface area contributed by atoms with E-state index in [0.29, 0.717) is 23.6 Å². The van der Waals surface area contributed by atoms with Crippen LogP contribution in [0.3, 0.4) is 0 Å². The van der Waals surface area contributed by atoms with Crippen molar-refractivity contribution < 1.29 is 14.4 Å². The summed E-state index contributed by atoms with van der Waals surface area (Å²) in [7, 11) is 0. The second kappa shape index (κ2) is 6.54. The third-order valence-electron chi connectivity index (χ3n) is 4.29. The van der Waals surface area contributed by atoms with Gasteiger partial charge in [-0.05, 0) is 37.1 Å². The lowest BCUT2D eigenvalue weighted by Crippen LogP contribution is -2.34. The van der Waals surface area contributed by atoms with Crippen LogP contribution in [0.4, 0.5) is 5.69 Å². The summed E-state index contributed by atoms with van der Waals surface area (Å²) in [6.45, 7) is 0.129. The number of anilines is 1. The normalized spacial score (nSPS) is 23.1. The summed E-state index contributed by atoms with van der Waals surface area (Å²) >= 11 is 5.79. The number of likely N-dealkylation sites (tertiary alicyclic amines) is 1. The van der Waals surface area contributed by atoms with E-state index in [9.17, 15) is 14.4 Å². The first-order chi connectivity index (χ1) is 11.1. The Morgan fingerprint density at radius 3 is 2.22 bits per heavy atom. The minimum atomic E-state index is -0.244. The van der Waals surface area contributed by atoms with Crippen molar-refractivity contribution >= 4 is 35.0 Å². The summed E-state index contributed by atoms with van der Waals surface area (Å²) < 4.78 is 0. The Hall–Kier alpha value is -2.14. The fraction of sp³-hybridized carbons (Fsp3) is 0.353. The van der Waals surface area contributed by atoms with Crippen LogP contribution in [0.2, 0.25) is 5.02 Å². The molecule has 2 aliphatic rings. The average molecular weight is 333 g/mol. The molecule has 0 aromatic heterocycles. The number of benzene rings is 1. The number of halogens is 1. The van der Waals surface area contributed by atoms with Crippen molar-refractivity contribution in [3.63, 3.8) is 0 Å². The Labute approximate surface area is 139 Å². The summed E-state index contributed by atoms with van der Waals surface area (Å²) in [5.41, 5.74) is 0.636. The van der Waals surface area contributed by atoms with Gasteiger partial charge in [0.25, 0.3) is 0 Å². The van der Waals surface area contributed by atoms with Gasteiger partial charge in [-0.2, -0.15) is 0 Å². The Kier molecular flexibility index (Phi) is 4.48. The lowest BCUT2D eigenvalue weighted by atomic mass is 9.85. The quantitative estimate of drug-likeness (QED) is 0.681. The SMILES string of the molecule is O=C(CCN1C(=O)[C@H]2CC=CC[C@@H]2C1=O)Nc1ccc(Cl)cc1.